The van der Waals surface area contributed by atoms with Crippen molar-refractivity contribution in [3.8, 4) is 0 Å². The summed E-state index contributed by atoms with van der Waals surface area (Å²) in [7, 11) is 0. The number of alkyl halides is 3. The Labute approximate surface area is 99.3 Å². The third kappa shape index (κ3) is 8.93. The summed E-state index contributed by atoms with van der Waals surface area (Å²) in [6, 6.07) is 0. The average molecular weight is 255 g/mol. The lowest BCUT2D eigenvalue weighted by molar-refractivity contribution is -0.139. The predicted molar refractivity (Wildman–Crippen MR) is 59.4 cm³/mol. The van der Waals surface area contributed by atoms with Crippen LogP contribution in [0.3, 0.4) is 0 Å². The molecule has 17 heavy (non-hydrogen) atoms. The number of likely N-dealkylation sites (N-methyl/N-ethyl adjacent to an activating group) is 1. The number of halogens is 3. The number of hydrogen-bond donors (Lipinski definition) is 2. The monoisotopic (exact) mass is 255 g/mol. The molecule has 1 atom stereocenters. The van der Waals surface area contributed by atoms with Crippen molar-refractivity contribution >= 4 is 5.91 Å². The quantitative estimate of drug-likeness (QED) is 0.699. The Balaban J connectivity index is 3.98. The van der Waals surface area contributed by atoms with Gasteiger partial charge in [0.1, 0.15) is 6.54 Å². The summed E-state index contributed by atoms with van der Waals surface area (Å²) in [5, 5.41) is 1.84. The standard InChI is InChI=1S/C10H20F3N3O/c1-3-16(5-8(2)4-14)6-9(17)15-7-10(11,12)13/h8H,3-7,14H2,1-2H3,(H,15,17). The van der Waals surface area contributed by atoms with E-state index in [1.54, 1.807) is 4.90 Å². The van der Waals surface area contributed by atoms with Gasteiger partial charge in [-0.15, -0.1) is 0 Å². The number of amides is 1. The van der Waals surface area contributed by atoms with Gasteiger partial charge >= 0.3 is 6.18 Å². The van der Waals surface area contributed by atoms with Gasteiger partial charge in [-0.3, -0.25) is 9.69 Å². The number of rotatable bonds is 7. The van der Waals surface area contributed by atoms with Crippen LogP contribution in [0.25, 0.3) is 0 Å². The smallest absolute Gasteiger partial charge is 0.346 e. The number of nitrogens with one attached hydrogen (secondary N) is 1. The largest absolute Gasteiger partial charge is 0.405 e. The zero-order chi connectivity index (χ0) is 13.5. The highest BCUT2D eigenvalue weighted by Crippen LogP contribution is 2.12. The predicted octanol–water partition coefficient (Wildman–Crippen LogP) is 0.582. The average Bonchev–Trinajstić information content (AvgIpc) is 2.24. The molecule has 0 radical (unpaired) electrons. The lowest BCUT2D eigenvalue weighted by atomic mass is 10.1. The van der Waals surface area contributed by atoms with E-state index in [1.165, 1.54) is 0 Å². The van der Waals surface area contributed by atoms with Gasteiger partial charge in [-0.2, -0.15) is 13.2 Å². The van der Waals surface area contributed by atoms with Crippen molar-refractivity contribution in [2.45, 2.75) is 20.0 Å². The number of carbonyl (C=O) groups excluding carboxylic acids is 1. The molecule has 4 nitrogen and oxygen atoms in total. The molecule has 0 bridgehead atoms. The fraction of sp³-hybridized carbons (Fsp3) is 0.900. The van der Waals surface area contributed by atoms with Crippen LogP contribution in [-0.4, -0.2) is 49.7 Å². The van der Waals surface area contributed by atoms with E-state index in [9.17, 15) is 18.0 Å². The highest BCUT2D eigenvalue weighted by molar-refractivity contribution is 5.78. The van der Waals surface area contributed by atoms with E-state index in [4.69, 9.17) is 5.73 Å². The van der Waals surface area contributed by atoms with E-state index >= 15 is 0 Å². The minimum atomic E-state index is -4.36. The third-order valence-corrected chi connectivity index (χ3v) is 2.27. The van der Waals surface area contributed by atoms with Crippen molar-refractivity contribution < 1.29 is 18.0 Å². The van der Waals surface area contributed by atoms with Gasteiger partial charge in [0.05, 0.1) is 6.54 Å². The van der Waals surface area contributed by atoms with Crippen molar-refractivity contribution in [1.29, 1.82) is 0 Å². The second-order valence-electron chi connectivity index (χ2n) is 4.06. The number of nitrogens with zero attached hydrogens (tertiary/aromatic N) is 1. The molecule has 0 rings (SSSR count). The first kappa shape index (κ1) is 16.2. The van der Waals surface area contributed by atoms with Crippen molar-refractivity contribution in [3.05, 3.63) is 0 Å². The molecule has 0 heterocycles. The van der Waals surface area contributed by atoms with Crippen molar-refractivity contribution in [2.75, 3.05) is 32.7 Å². The first-order valence-corrected chi connectivity index (χ1v) is 5.54. The van der Waals surface area contributed by atoms with Gasteiger partial charge in [0.15, 0.2) is 0 Å². The Hall–Kier alpha value is -0.820. The number of nitrogens with two attached hydrogens (primary N) is 1. The summed E-state index contributed by atoms with van der Waals surface area (Å²) in [6.45, 7) is 4.15. The van der Waals surface area contributed by atoms with Crippen LogP contribution in [-0.2, 0) is 4.79 Å². The zero-order valence-electron chi connectivity index (χ0n) is 10.2. The molecule has 0 aromatic heterocycles. The molecular formula is C10H20F3N3O. The third-order valence-electron chi connectivity index (χ3n) is 2.27. The Morgan fingerprint density at radius 3 is 2.47 bits per heavy atom. The summed E-state index contributed by atoms with van der Waals surface area (Å²) in [5.41, 5.74) is 5.45. The lowest BCUT2D eigenvalue weighted by Gasteiger charge is -2.23. The second-order valence-corrected chi connectivity index (χ2v) is 4.06. The van der Waals surface area contributed by atoms with E-state index in [-0.39, 0.29) is 12.5 Å². The summed E-state index contributed by atoms with van der Waals surface area (Å²) in [5.74, 6) is -0.404. The molecule has 0 saturated heterocycles. The molecule has 0 aliphatic rings. The molecule has 0 saturated carbocycles. The maximum Gasteiger partial charge on any atom is 0.405 e. The van der Waals surface area contributed by atoms with Gasteiger partial charge in [-0.25, -0.2) is 0 Å². The van der Waals surface area contributed by atoms with E-state index < -0.39 is 18.6 Å². The fourth-order valence-electron chi connectivity index (χ4n) is 1.28. The lowest BCUT2D eigenvalue weighted by Crippen LogP contribution is -2.42. The Morgan fingerprint density at radius 2 is 2.06 bits per heavy atom. The Kier molecular flexibility index (Phi) is 7.13. The van der Waals surface area contributed by atoms with Crippen molar-refractivity contribution in [2.24, 2.45) is 11.7 Å². The molecule has 0 aliphatic heterocycles. The van der Waals surface area contributed by atoms with Crippen LogP contribution in [0.1, 0.15) is 13.8 Å². The summed E-state index contributed by atoms with van der Waals surface area (Å²) >= 11 is 0. The van der Waals surface area contributed by atoms with Crippen LogP contribution in [0.15, 0.2) is 0 Å². The van der Waals surface area contributed by atoms with Crippen LogP contribution >= 0.6 is 0 Å². The minimum Gasteiger partial charge on any atom is -0.346 e. The minimum absolute atomic E-state index is 0.0308. The van der Waals surface area contributed by atoms with Crippen LogP contribution < -0.4 is 11.1 Å². The molecule has 0 aromatic rings. The topological polar surface area (TPSA) is 58.4 Å². The molecule has 3 N–H and O–H groups in total. The molecule has 0 aromatic carbocycles. The summed E-state index contributed by atoms with van der Waals surface area (Å²) in [6.07, 6.45) is -4.36. The number of hydrogen-bond acceptors (Lipinski definition) is 3. The van der Waals surface area contributed by atoms with Crippen molar-refractivity contribution in [3.63, 3.8) is 0 Å². The second kappa shape index (κ2) is 7.50. The highest BCUT2D eigenvalue weighted by atomic mass is 19.4. The van der Waals surface area contributed by atoms with Crippen LogP contribution in [0, 0.1) is 5.92 Å². The highest BCUT2D eigenvalue weighted by Gasteiger charge is 2.27. The first-order chi connectivity index (χ1) is 7.78. The summed E-state index contributed by atoms with van der Waals surface area (Å²) < 4.78 is 35.6. The normalized spacial score (nSPS) is 13.8. The van der Waals surface area contributed by atoms with E-state index in [0.717, 1.165) is 0 Å². The molecule has 102 valence electrons. The molecule has 0 fully saturated rings. The first-order valence-electron chi connectivity index (χ1n) is 5.54. The maximum absolute atomic E-state index is 11.9. The zero-order valence-corrected chi connectivity index (χ0v) is 10.2. The Bertz CT molecular complexity index is 233. The van der Waals surface area contributed by atoms with Gasteiger partial charge < -0.3 is 11.1 Å². The Morgan fingerprint density at radius 1 is 1.47 bits per heavy atom. The number of carbonyl (C=O) groups is 1. The molecule has 1 amide bonds. The van der Waals surface area contributed by atoms with Gasteiger partial charge in [-0.1, -0.05) is 13.8 Å². The molecular weight excluding hydrogens is 235 g/mol. The molecule has 0 aliphatic carbocycles. The van der Waals surface area contributed by atoms with Crippen molar-refractivity contribution in [1.82, 2.24) is 10.2 Å². The van der Waals surface area contributed by atoms with Gasteiger partial charge in [-0.05, 0) is 19.0 Å². The molecule has 0 spiro atoms. The van der Waals surface area contributed by atoms with E-state index in [0.29, 0.717) is 19.6 Å². The summed E-state index contributed by atoms with van der Waals surface area (Å²) in [4.78, 5) is 13.0. The SMILES string of the molecule is CCN(CC(=O)NCC(F)(F)F)CC(C)CN. The van der Waals surface area contributed by atoms with Gasteiger partial charge in [0, 0.05) is 6.54 Å². The van der Waals surface area contributed by atoms with E-state index in [1.807, 2.05) is 19.2 Å². The molecule has 7 heteroatoms. The van der Waals surface area contributed by atoms with Crippen LogP contribution in [0.4, 0.5) is 13.2 Å². The van der Waals surface area contributed by atoms with Crippen LogP contribution in [0.2, 0.25) is 0 Å². The van der Waals surface area contributed by atoms with Crippen LogP contribution in [0.5, 0.6) is 0 Å². The fourth-order valence-corrected chi connectivity index (χ4v) is 1.28. The van der Waals surface area contributed by atoms with E-state index in [2.05, 4.69) is 0 Å². The van der Waals surface area contributed by atoms with Gasteiger partial charge in [0.2, 0.25) is 5.91 Å². The maximum atomic E-state index is 11.9. The molecule has 1 unspecified atom stereocenters. The van der Waals surface area contributed by atoms with Gasteiger partial charge in [0.25, 0.3) is 0 Å².